The highest BCUT2D eigenvalue weighted by Crippen LogP contribution is 2.32. The van der Waals surface area contributed by atoms with Crippen LogP contribution in [-0.2, 0) is 16.1 Å². The zero-order valence-corrected chi connectivity index (χ0v) is 11.9. The van der Waals surface area contributed by atoms with Crippen molar-refractivity contribution in [3.63, 3.8) is 0 Å². The number of rotatable bonds is 3. The van der Waals surface area contributed by atoms with Gasteiger partial charge in [0.1, 0.15) is 19.3 Å². The third kappa shape index (κ3) is 2.94. The molecule has 2 amide bonds. The molecule has 0 saturated carbocycles. The van der Waals surface area contributed by atoms with Gasteiger partial charge in [0.25, 0.3) is 0 Å². The minimum absolute atomic E-state index is 0.0642. The average molecular weight is 290 g/mol. The first kappa shape index (κ1) is 13.7. The first-order valence-corrected chi connectivity index (χ1v) is 7.09. The van der Waals surface area contributed by atoms with Crippen LogP contribution < -0.4 is 20.1 Å². The van der Waals surface area contributed by atoms with E-state index in [1.165, 1.54) is 0 Å². The summed E-state index contributed by atoms with van der Waals surface area (Å²) in [7, 11) is 0. The van der Waals surface area contributed by atoms with E-state index in [9.17, 15) is 9.59 Å². The standard InChI is InChI=1S/C15H18N2O4/c1-9-6-12-13(21-5-4-20-12)7-10(9)8-16-15(19)11-2-3-14(18)17-11/h6-7,11H,2-5,8H2,1H3,(H,16,19)(H,17,18). The van der Waals surface area contributed by atoms with Crippen LogP contribution in [0, 0.1) is 6.92 Å². The zero-order chi connectivity index (χ0) is 14.8. The van der Waals surface area contributed by atoms with Gasteiger partial charge in [0.2, 0.25) is 11.8 Å². The van der Waals surface area contributed by atoms with Crippen molar-refractivity contribution < 1.29 is 19.1 Å². The fraction of sp³-hybridized carbons (Fsp3) is 0.467. The van der Waals surface area contributed by atoms with Crippen molar-refractivity contribution in [1.29, 1.82) is 0 Å². The molecular formula is C15H18N2O4. The number of benzene rings is 1. The van der Waals surface area contributed by atoms with Crippen LogP contribution >= 0.6 is 0 Å². The molecule has 3 rings (SSSR count). The van der Waals surface area contributed by atoms with Crippen molar-refractivity contribution >= 4 is 11.8 Å². The van der Waals surface area contributed by atoms with Gasteiger partial charge in [-0.15, -0.1) is 0 Å². The summed E-state index contributed by atoms with van der Waals surface area (Å²) in [4.78, 5) is 23.1. The molecule has 21 heavy (non-hydrogen) atoms. The molecule has 2 N–H and O–H groups in total. The van der Waals surface area contributed by atoms with Gasteiger partial charge >= 0.3 is 0 Å². The maximum atomic E-state index is 12.0. The van der Waals surface area contributed by atoms with Crippen LogP contribution in [0.1, 0.15) is 24.0 Å². The van der Waals surface area contributed by atoms with E-state index in [-0.39, 0.29) is 11.8 Å². The quantitative estimate of drug-likeness (QED) is 0.857. The lowest BCUT2D eigenvalue weighted by Crippen LogP contribution is -2.41. The lowest BCUT2D eigenvalue weighted by atomic mass is 10.1. The van der Waals surface area contributed by atoms with Gasteiger partial charge in [0.05, 0.1) is 0 Å². The predicted molar refractivity (Wildman–Crippen MR) is 75.2 cm³/mol. The molecule has 112 valence electrons. The van der Waals surface area contributed by atoms with E-state index in [4.69, 9.17) is 9.47 Å². The van der Waals surface area contributed by atoms with Gasteiger partial charge in [0.15, 0.2) is 11.5 Å². The predicted octanol–water partition coefficient (Wildman–Crippen LogP) is 0.661. The molecule has 1 unspecified atom stereocenters. The van der Waals surface area contributed by atoms with Crippen LogP contribution in [0.4, 0.5) is 0 Å². The maximum Gasteiger partial charge on any atom is 0.242 e. The average Bonchev–Trinajstić information content (AvgIpc) is 2.91. The fourth-order valence-electron chi connectivity index (χ4n) is 2.54. The number of amides is 2. The molecule has 6 heteroatoms. The smallest absolute Gasteiger partial charge is 0.242 e. The third-order valence-corrected chi connectivity index (χ3v) is 3.77. The lowest BCUT2D eigenvalue weighted by Gasteiger charge is -2.20. The molecule has 0 aliphatic carbocycles. The van der Waals surface area contributed by atoms with E-state index < -0.39 is 6.04 Å². The van der Waals surface area contributed by atoms with E-state index in [2.05, 4.69) is 10.6 Å². The Kier molecular flexibility index (Phi) is 3.68. The van der Waals surface area contributed by atoms with Gasteiger partial charge in [-0.1, -0.05) is 0 Å². The fourth-order valence-corrected chi connectivity index (χ4v) is 2.54. The zero-order valence-electron chi connectivity index (χ0n) is 11.9. The highest BCUT2D eigenvalue weighted by Gasteiger charge is 2.27. The van der Waals surface area contributed by atoms with E-state index in [1.807, 2.05) is 19.1 Å². The Bertz CT molecular complexity index is 585. The first-order valence-electron chi connectivity index (χ1n) is 7.09. The van der Waals surface area contributed by atoms with Crippen LogP contribution in [0.2, 0.25) is 0 Å². The van der Waals surface area contributed by atoms with Gasteiger partial charge < -0.3 is 20.1 Å². The Morgan fingerprint density at radius 2 is 2.05 bits per heavy atom. The third-order valence-electron chi connectivity index (χ3n) is 3.77. The van der Waals surface area contributed by atoms with E-state index in [1.54, 1.807) is 0 Å². The number of aryl methyl sites for hydroxylation is 1. The lowest BCUT2D eigenvalue weighted by molar-refractivity contribution is -0.125. The van der Waals surface area contributed by atoms with Crippen LogP contribution in [0.25, 0.3) is 0 Å². The Morgan fingerprint density at radius 3 is 2.71 bits per heavy atom. The Hall–Kier alpha value is -2.24. The van der Waals surface area contributed by atoms with Crippen molar-refractivity contribution in [3.8, 4) is 11.5 Å². The molecule has 1 saturated heterocycles. The van der Waals surface area contributed by atoms with Crippen molar-refractivity contribution in [2.75, 3.05) is 13.2 Å². The number of fused-ring (bicyclic) bond motifs is 1. The highest BCUT2D eigenvalue weighted by atomic mass is 16.6. The summed E-state index contributed by atoms with van der Waals surface area (Å²) in [6, 6.07) is 3.42. The van der Waals surface area contributed by atoms with Crippen LogP contribution in [-0.4, -0.2) is 31.1 Å². The van der Waals surface area contributed by atoms with Crippen molar-refractivity contribution in [3.05, 3.63) is 23.3 Å². The van der Waals surface area contributed by atoms with E-state index in [0.29, 0.717) is 38.3 Å². The van der Waals surface area contributed by atoms with Gasteiger partial charge in [-0.3, -0.25) is 9.59 Å². The highest BCUT2D eigenvalue weighted by molar-refractivity contribution is 5.90. The molecule has 0 aromatic heterocycles. The summed E-state index contributed by atoms with van der Waals surface area (Å²) in [6.07, 6.45) is 0.978. The topological polar surface area (TPSA) is 76.7 Å². The van der Waals surface area contributed by atoms with Gasteiger partial charge in [-0.25, -0.2) is 0 Å². The number of hydrogen-bond acceptors (Lipinski definition) is 4. The van der Waals surface area contributed by atoms with Crippen molar-refractivity contribution in [2.24, 2.45) is 0 Å². The van der Waals surface area contributed by atoms with E-state index in [0.717, 1.165) is 16.9 Å². The summed E-state index contributed by atoms with van der Waals surface area (Å²) in [5.74, 6) is 1.25. The normalized spacial score (nSPS) is 20.0. The SMILES string of the molecule is Cc1cc2c(cc1CNC(=O)C1CCC(=O)N1)OCCO2. The van der Waals surface area contributed by atoms with Gasteiger partial charge in [0, 0.05) is 13.0 Å². The minimum Gasteiger partial charge on any atom is -0.486 e. The van der Waals surface area contributed by atoms with Crippen molar-refractivity contribution in [2.45, 2.75) is 32.4 Å². The second-order valence-electron chi connectivity index (χ2n) is 5.30. The Balaban J connectivity index is 1.65. The van der Waals surface area contributed by atoms with Gasteiger partial charge in [-0.2, -0.15) is 0 Å². The molecular weight excluding hydrogens is 272 g/mol. The number of ether oxygens (including phenoxy) is 2. The van der Waals surface area contributed by atoms with E-state index >= 15 is 0 Å². The maximum absolute atomic E-state index is 12.0. The van der Waals surface area contributed by atoms with Crippen LogP contribution in [0.5, 0.6) is 11.5 Å². The number of hydrogen-bond donors (Lipinski definition) is 2. The summed E-state index contributed by atoms with van der Waals surface area (Å²) >= 11 is 0. The minimum atomic E-state index is -0.407. The summed E-state index contributed by atoms with van der Waals surface area (Å²) < 4.78 is 11.1. The largest absolute Gasteiger partial charge is 0.486 e. The van der Waals surface area contributed by atoms with Gasteiger partial charge in [-0.05, 0) is 36.6 Å². The molecule has 1 aromatic carbocycles. The van der Waals surface area contributed by atoms with Crippen LogP contribution in [0.15, 0.2) is 12.1 Å². The Morgan fingerprint density at radius 1 is 1.33 bits per heavy atom. The summed E-state index contributed by atoms with van der Waals surface area (Å²) in [6.45, 7) is 3.48. The second-order valence-corrected chi connectivity index (χ2v) is 5.30. The number of carbonyl (C=O) groups is 2. The number of carbonyl (C=O) groups excluding carboxylic acids is 2. The first-order chi connectivity index (χ1) is 10.1. The molecule has 1 fully saturated rings. The molecule has 2 aliphatic rings. The number of nitrogens with one attached hydrogen (secondary N) is 2. The molecule has 2 heterocycles. The summed E-state index contributed by atoms with van der Waals surface area (Å²) in [5, 5.41) is 5.52. The molecule has 0 radical (unpaired) electrons. The molecule has 2 aliphatic heterocycles. The van der Waals surface area contributed by atoms with Crippen LogP contribution in [0.3, 0.4) is 0 Å². The van der Waals surface area contributed by atoms with Crippen molar-refractivity contribution in [1.82, 2.24) is 10.6 Å². The molecule has 0 spiro atoms. The molecule has 0 bridgehead atoms. The molecule has 6 nitrogen and oxygen atoms in total. The summed E-state index contributed by atoms with van der Waals surface area (Å²) in [5.41, 5.74) is 2.02. The second kappa shape index (κ2) is 5.63. The Labute approximate surface area is 122 Å². The molecule has 1 aromatic rings. The monoisotopic (exact) mass is 290 g/mol. The molecule has 1 atom stereocenters.